The number of carbonyl (C=O) groups excluding carboxylic acids is 1. The van der Waals surface area contributed by atoms with Crippen LogP contribution in [0.25, 0.3) is 0 Å². The fourth-order valence-corrected chi connectivity index (χ4v) is 3.53. The Morgan fingerprint density at radius 2 is 2.05 bits per heavy atom. The Balaban J connectivity index is 1.90. The molecule has 0 saturated heterocycles. The standard InChI is InChI=1S/C16H29NO3/c1-3-17-16(15(18)19-4-2)11-6-7-13(16)10-12-20-14-8-5-9-14/h13-14,17H,3-12H2,1-2H3. The first kappa shape index (κ1) is 15.8. The third-order valence-corrected chi connectivity index (χ3v) is 4.82. The lowest BCUT2D eigenvalue weighted by molar-refractivity contribution is -0.153. The van der Waals surface area contributed by atoms with Crippen LogP contribution in [0.15, 0.2) is 0 Å². The Kier molecular flexibility index (Phi) is 5.85. The van der Waals surface area contributed by atoms with Gasteiger partial charge >= 0.3 is 5.97 Å². The molecule has 2 saturated carbocycles. The van der Waals surface area contributed by atoms with E-state index in [2.05, 4.69) is 12.2 Å². The predicted octanol–water partition coefficient (Wildman–Crippen LogP) is 2.66. The van der Waals surface area contributed by atoms with E-state index in [9.17, 15) is 4.79 Å². The maximum Gasteiger partial charge on any atom is 0.326 e. The topological polar surface area (TPSA) is 47.6 Å². The number of ether oxygens (including phenoxy) is 2. The van der Waals surface area contributed by atoms with Gasteiger partial charge in [0.15, 0.2) is 0 Å². The van der Waals surface area contributed by atoms with Crippen LogP contribution >= 0.6 is 0 Å². The van der Waals surface area contributed by atoms with Crippen LogP contribution in [0.3, 0.4) is 0 Å². The summed E-state index contributed by atoms with van der Waals surface area (Å²) >= 11 is 0. The molecular formula is C16H29NO3. The SMILES string of the molecule is CCNC1(C(=O)OCC)CCCC1CCOC1CCC1. The Morgan fingerprint density at radius 3 is 2.65 bits per heavy atom. The van der Waals surface area contributed by atoms with Crippen LogP contribution in [0.5, 0.6) is 0 Å². The first-order valence-electron chi connectivity index (χ1n) is 8.26. The molecule has 2 unspecified atom stereocenters. The fraction of sp³-hybridized carbons (Fsp3) is 0.938. The van der Waals surface area contributed by atoms with E-state index in [0.29, 0.717) is 18.6 Å². The normalized spacial score (nSPS) is 30.2. The number of esters is 1. The maximum absolute atomic E-state index is 12.4. The summed E-state index contributed by atoms with van der Waals surface area (Å²) in [6.45, 7) is 5.97. The second-order valence-corrected chi connectivity index (χ2v) is 6.02. The third kappa shape index (κ3) is 3.34. The van der Waals surface area contributed by atoms with Crippen molar-refractivity contribution in [1.29, 1.82) is 0 Å². The van der Waals surface area contributed by atoms with Crippen LogP contribution in [0.2, 0.25) is 0 Å². The van der Waals surface area contributed by atoms with Crippen molar-refractivity contribution in [2.75, 3.05) is 19.8 Å². The van der Waals surface area contributed by atoms with E-state index in [1.54, 1.807) is 0 Å². The molecule has 20 heavy (non-hydrogen) atoms. The van der Waals surface area contributed by atoms with Gasteiger partial charge in [-0.05, 0) is 57.9 Å². The highest BCUT2D eigenvalue weighted by Crippen LogP contribution is 2.39. The van der Waals surface area contributed by atoms with Gasteiger partial charge in [0.05, 0.1) is 12.7 Å². The molecule has 0 radical (unpaired) electrons. The Hall–Kier alpha value is -0.610. The van der Waals surface area contributed by atoms with Gasteiger partial charge in [0.1, 0.15) is 5.54 Å². The zero-order valence-electron chi connectivity index (χ0n) is 13.0. The van der Waals surface area contributed by atoms with Gasteiger partial charge in [0, 0.05) is 6.61 Å². The molecule has 0 aromatic carbocycles. The van der Waals surface area contributed by atoms with Crippen molar-refractivity contribution in [3.8, 4) is 0 Å². The predicted molar refractivity (Wildman–Crippen MR) is 78.6 cm³/mol. The van der Waals surface area contributed by atoms with E-state index in [4.69, 9.17) is 9.47 Å². The van der Waals surface area contributed by atoms with E-state index in [1.165, 1.54) is 19.3 Å². The first-order chi connectivity index (χ1) is 9.73. The molecule has 0 spiro atoms. The molecular weight excluding hydrogens is 254 g/mol. The number of likely N-dealkylation sites (N-methyl/N-ethyl adjacent to an activating group) is 1. The van der Waals surface area contributed by atoms with E-state index in [-0.39, 0.29) is 5.97 Å². The molecule has 0 aromatic heterocycles. The van der Waals surface area contributed by atoms with Crippen LogP contribution in [0.4, 0.5) is 0 Å². The van der Waals surface area contributed by atoms with Gasteiger partial charge < -0.3 is 14.8 Å². The highest BCUT2D eigenvalue weighted by molar-refractivity contribution is 5.81. The minimum Gasteiger partial charge on any atom is -0.465 e. The van der Waals surface area contributed by atoms with Crippen molar-refractivity contribution < 1.29 is 14.3 Å². The molecule has 4 nitrogen and oxygen atoms in total. The zero-order valence-corrected chi connectivity index (χ0v) is 13.0. The second-order valence-electron chi connectivity index (χ2n) is 6.02. The fourth-order valence-electron chi connectivity index (χ4n) is 3.53. The van der Waals surface area contributed by atoms with E-state index < -0.39 is 5.54 Å². The lowest BCUT2D eigenvalue weighted by atomic mass is 9.84. The molecule has 2 atom stereocenters. The highest BCUT2D eigenvalue weighted by Gasteiger charge is 2.49. The van der Waals surface area contributed by atoms with Gasteiger partial charge in [-0.15, -0.1) is 0 Å². The number of nitrogens with one attached hydrogen (secondary N) is 1. The van der Waals surface area contributed by atoms with E-state index in [0.717, 1.165) is 38.8 Å². The Labute approximate surface area is 122 Å². The monoisotopic (exact) mass is 283 g/mol. The van der Waals surface area contributed by atoms with Gasteiger partial charge in [-0.3, -0.25) is 4.79 Å². The summed E-state index contributed by atoms with van der Waals surface area (Å²) in [7, 11) is 0. The van der Waals surface area contributed by atoms with Gasteiger partial charge in [0.25, 0.3) is 0 Å². The summed E-state index contributed by atoms with van der Waals surface area (Å²) in [6.07, 6.45) is 8.25. The average molecular weight is 283 g/mol. The van der Waals surface area contributed by atoms with Crippen molar-refractivity contribution in [2.24, 2.45) is 5.92 Å². The van der Waals surface area contributed by atoms with Gasteiger partial charge in [-0.1, -0.05) is 13.3 Å². The molecule has 2 fully saturated rings. The molecule has 0 amide bonds. The molecule has 2 rings (SSSR count). The second kappa shape index (κ2) is 7.41. The van der Waals surface area contributed by atoms with Gasteiger partial charge in [-0.2, -0.15) is 0 Å². The van der Waals surface area contributed by atoms with Gasteiger partial charge in [-0.25, -0.2) is 0 Å². The van der Waals surface area contributed by atoms with Crippen LogP contribution in [0, 0.1) is 5.92 Å². The van der Waals surface area contributed by atoms with Crippen LogP contribution in [-0.4, -0.2) is 37.4 Å². The Morgan fingerprint density at radius 1 is 1.25 bits per heavy atom. The molecule has 116 valence electrons. The van der Waals surface area contributed by atoms with Crippen molar-refractivity contribution in [3.63, 3.8) is 0 Å². The van der Waals surface area contributed by atoms with Gasteiger partial charge in [0.2, 0.25) is 0 Å². The molecule has 0 heterocycles. The average Bonchev–Trinajstić information content (AvgIpc) is 2.77. The number of hydrogen-bond donors (Lipinski definition) is 1. The minimum absolute atomic E-state index is 0.0620. The van der Waals surface area contributed by atoms with Crippen molar-refractivity contribution in [3.05, 3.63) is 0 Å². The largest absolute Gasteiger partial charge is 0.465 e. The molecule has 0 aromatic rings. The van der Waals surface area contributed by atoms with Crippen molar-refractivity contribution >= 4 is 5.97 Å². The molecule has 2 aliphatic rings. The summed E-state index contributed by atoms with van der Waals surface area (Å²) in [4.78, 5) is 12.4. The molecule has 2 aliphatic carbocycles. The molecule has 0 aliphatic heterocycles. The minimum atomic E-state index is -0.465. The quantitative estimate of drug-likeness (QED) is 0.696. The Bertz CT molecular complexity index is 317. The van der Waals surface area contributed by atoms with Crippen molar-refractivity contribution in [1.82, 2.24) is 5.32 Å². The molecule has 4 heteroatoms. The summed E-state index contributed by atoms with van der Waals surface area (Å²) in [5.74, 6) is 0.287. The summed E-state index contributed by atoms with van der Waals surface area (Å²) in [5, 5.41) is 3.43. The van der Waals surface area contributed by atoms with Crippen molar-refractivity contribution in [2.45, 2.75) is 70.4 Å². The number of carbonyl (C=O) groups is 1. The van der Waals surface area contributed by atoms with Crippen LogP contribution in [-0.2, 0) is 14.3 Å². The summed E-state index contributed by atoms with van der Waals surface area (Å²) in [6, 6.07) is 0. The number of hydrogen-bond acceptors (Lipinski definition) is 4. The van der Waals surface area contributed by atoms with E-state index >= 15 is 0 Å². The smallest absolute Gasteiger partial charge is 0.326 e. The third-order valence-electron chi connectivity index (χ3n) is 4.82. The first-order valence-corrected chi connectivity index (χ1v) is 8.26. The number of rotatable bonds is 8. The lowest BCUT2D eigenvalue weighted by Crippen LogP contribution is -2.55. The maximum atomic E-state index is 12.4. The molecule has 1 N–H and O–H groups in total. The van der Waals surface area contributed by atoms with Crippen LogP contribution in [0.1, 0.15) is 58.8 Å². The lowest BCUT2D eigenvalue weighted by Gasteiger charge is -2.34. The van der Waals surface area contributed by atoms with Crippen LogP contribution < -0.4 is 5.32 Å². The zero-order chi connectivity index (χ0) is 14.4. The summed E-state index contributed by atoms with van der Waals surface area (Å²) < 4.78 is 11.2. The molecule has 0 bridgehead atoms. The summed E-state index contributed by atoms with van der Waals surface area (Å²) in [5.41, 5.74) is -0.465. The highest BCUT2D eigenvalue weighted by atomic mass is 16.5. The van der Waals surface area contributed by atoms with E-state index in [1.807, 2.05) is 6.92 Å².